The number of hydrogen-bond acceptors (Lipinski definition) is 4. The number of thioether (sulfide) groups is 1. The number of aryl methyl sites for hydroxylation is 1. The molecule has 1 aromatic carbocycles. The molecule has 124 valence electrons. The molecular weight excluding hydrogens is 320 g/mol. The summed E-state index contributed by atoms with van der Waals surface area (Å²) in [6.45, 7) is 3.32. The minimum absolute atomic E-state index is 0.0699. The van der Waals surface area contributed by atoms with E-state index in [1.54, 1.807) is 18.0 Å². The summed E-state index contributed by atoms with van der Waals surface area (Å²) >= 11 is 1.60. The average Bonchev–Trinajstić information content (AvgIpc) is 2.92. The van der Waals surface area contributed by atoms with Gasteiger partial charge in [0.05, 0.1) is 16.1 Å². The summed E-state index contributed by atoms with van der Waals surface area (Å²) in [5.41, 5.74) is 2.10. The van der Waals surface area contributed by atoms with Gasteiger partial charge in [-0.05, 0) is 31.2 Å². The van der Waals surface area contributed by atoms with Crippen molar-refractivity contribution >= 4 is 28.7 Å². The van der Waals surface area contributed by atoms with Gasteiger partial charge in [-0.15, -0.1) is 11.8 Å². The van der Waals surface area contributed by atoms with Crippen molar-refractivity contribution in [2.75, 3.05) is 12.3 Å². The standard InChI is InChI=1S/C18H20N4OS/c1-14-21-15-6-2-3-7-16(15)22(14)12-11-19-17(23)9-13-24-18-8-4-5-10-20-18/h2-8,10H,9,11-13H2,1H3,(H,19,23). The fraction of sp³-hybridized carbons (Fsp3) is 0.278. The summed E-state index contributed by atoms with van der Waals surface area (Å²) in [4.78, 5) is 20.7. The van der Waals surface area contributed by atoms with E-state index in [0.29, 0.717) is 13.0 Å². The number of fused-ring (bicyclic) bond motifs is 1. The molecule has 0 aliphatic heterocycles. The van der Waals surface area contributed by atoms with Crippen molar-refractivity contribution in [3.63, 3.8) is 0 Å². The van der Waals surface area contributed by atoms with Gasteiger partial charge in [0.25, 0.3) is 0 Å². The highest BCUT2D eigenvalue weighted by atomic mass is 32.2. The average molecular weight is 340 g/mol. The topological polar surface area (TPSA) is 59.8 Å². The van der Waals surface area contributed by atoms with Crippen molar-refractivity contribution in [2.24, 2.45) is 0 Å². The monoisotopic (exact) mass is 340 g/mol. The molecule has 24 heavy (non-hydrogen) atoms. The first-order valence-electron chi connectivity index (χ1n) is 7.96. The van der Waals surface area contributed by atoms with Crippen molar-refractivity contribution in [1.29, 1.82) is 0 Å². The minimum Gasteiger partial charge on any atom is -0.354 e. The number of carbonyl (C=O) groups excluding carboxylic acids is 1. The van der Waals surface area contributed by atoms with Gasteiger partial charge in [0.2, 0.25) is 5.91 Å². The van der Waals surface area contributed by atoms with Gasteiger partial charge in [0.15, 0.2) is 0 Å². The zero-order valence-electron chi connectivity index (χ0n) is 13.6. The van der Waals surface area contributed by atoms with Crippen LogP contribution in [0.4, 0.5) is 0 Å². The second kappa shape index (κ2) is 7.97. The SMILES string of the molecule is Cc1nc2ccccc2n1CCNC(=O)CCSc1ccccn1. The number of carbonyl (C=O) groups is 1. The molecule has 2 heterocycles. The molecule has 6 heteroatoms. The Kier molecular flexibility index (Phi) is 5.48. The molecule has 0 unspecified atom stereocenters. The first-order chi connectivity index (χ1) is 11.7. The Morgan fingerprint density at radius 3 is 2.88 bits per heavy atom. The molecule has 0 atom stereocenters. The van der Waals surface area contributed by atoms with Gasteiger partial charge in [-0.3, -0.25) is 4.79 Å². The van der Waals surface area contributed by atoms with E-state index in [1.165, 1.54) is 0 Å². The molecule has 1 amide bonds. The fourth-order valence-electron chi connectivity index (χ4n) is 2.55. The van der Waals surface area contributed by atoms with E-state index in [-0.39, 0.29) is 5.91 Å². The zero-order valence-corrected chi connectivity index (χ0v) is 14.4. The van der Waals surface area contributed by atoms with Crippen LogP contribution >= 0.6 is 11.8 Å². The van der Waals surface area contributed by atoms with Crippen LogP contribution in [0.25, 0.3) is 11.0 Å². The largest absolute Gasteiger partial charge is 0.354 e. The van der Waals surface area contributed by atoms with E-state index in [2.05, 4.69) is 25.9 Å². The maximum atomic E-state index is 11.9. The summed E-state index contributed by atoms with van der Waals surface area (Å²) < 4.78 is 2.14. The lowest BCUT2D eigenvalue weighted by molar-refractivity contribution is -0.120. The van der Waals surface area contributed by atoms with E-state index >= 15 is 0 Å². The Hall–Kier alpha value is -2.34. The molecule has 2 aromatic heterocycles. The number of pyridine rings is 1. The lowest BCUT2D eigenvalue weighted by atomic mass is 10.3. The summed E-state index contributed by atoms with van der Waals surface area (Å²) in [6, 6.07) is 13.8. The zero-order chi connectivity index (χ0) is 16.8. The second-order valence-electron chi connectivity index (χ2n) is 5.42. The molecule has 0 bridgehead atoms. The van der Waals surface area contributed by atoms with Gasteiger partial charge in [-0.1, -0.05) is 18.2 Å². The van der Waals surface area contributed by atoms with Crippen molar-refractivity contribution in [3.8, 4) is 0 Å². The Labute approximate surface area is 145 Å². The van der Waals surface area contributed by atoms with Crippen LogP contribution in [0, 0.1) is 6.92 Å². The van der Waals surface area contributed by atoms with Crippen LogP contribution < -0.4 is 5.32 Å². The van der Waals surface area contributed by atoms with Crippen LogP contribution in [0.3, 0.4) is 0 Å². The molecule has 0 fully saturated rings. The predicted octanol–water partition coefficient (Wildman–Crippen LogP) is 3.04. The first-order valence-corrected chi connectivity index (χ1v) is 8.95. The van der Waals surface area contributed by atoms with Crippen LogP contribution in [0.2, 0.25) is 0 Å². The highest BCUT2D eigenvalue weighted by Gasteiger charge is 2.07. The second-order valence-corrected chi connectivity index (χ2v) is 6.53. The van der Waals surface area contributed by atoms with E-state index in [4.69, 9.17) is 0 Å². The predicted molar refractivity (Wildman–Crippen MR) is 97.1 cm³/mol. The van der Waals surface area contributed by atoms with Gasteiger partial charge in [-0.2, -0.15) is 0 Å². The Morgan fingerprint density at radius 2 is 2.04 bits per heavy atom. The molecule has 1 N–H and O–H groups in total. The molecule has 0 aliphatic rings. The van der Waals surface area contributed by atoms with Gasteiger partial charge in [0.1, 0.15) is 5.82 Å². The van der Waals surface area contributed by atoms with Crippen LogP contribution in [0.5, 0.6) is 0 Å². The summed E-state index contributed by atoms with van der Waals surface area (Å²) in [7, 11) is 0. The smallest absolute Gasteiger partial charge is 0.220 e. The molecular formula is C18H20N4OS. The molecule has 0 saturated carbocycles. The van der Waals surface area contributed by atoms with Gasteiger partial charge in [-0.25, -0.2) is 9.97 Å². The lowest BCUT2D eigenvalue weighted by Crippen LogP contribution is -2.27. The van der Waals surface area contributed by atoms with E-state index in [9.17, 15) is 4.79 Å². The molecule has 0 saturated heterocycles. The van der Waals surface area contributed by atoms with Gasteiger partial charge >= 0.3 is 0 Å². The van der Waals surface area contributed by atoms with E-state index < -0.39 is 0 Å². The van der Waals surface area contributed by atoms with Crippen LogP contribution in [0.1, 0.15) is 12.2 Å². The van der Waals surface area contributed by atoms with Crippen LogP contribution in [-0.2, 0) is 11.3 Å². The maximum absolute atomic E-state index is 11.9. The van der Waals surface area contributed by atoms with Crippen LogP contribution in [0.15, 0.2) is 53.7 Å². The number of nitrogens with one attached hydrogen (secondary N) is 1. The summed E-state index contributed by atoms with van der Waals surface area (Å²) in [5.74, 6) is 1.77. The van der Waals surface area contributed by atoms with Gasteiger partial charge < -0.3 is 9.88 Å². The normalized spacial score (nSPS) is 10.9. The highest BCUT2D eigenvalue weighted by molar-refractivity contribution is 7.99. The molecule has 0 spiro atoms. The van der Waals surface area contributed by atoms with E-state index in [1.807, 2.05) is 43.3 Å². The third-order valence-corrected chi connectivity index (χ3v) is 4.67. The van der Waals surface area contributed by atoms with Crippen molar-refractivity contribution < 1.29 is 4.79 Å². The molecule has 3 aromatic rings. The third kappa shape index (κ3) is 4.14. The Morgan fingerprint density at radius 1 is 1.21 bits per heavy atom. The maximum Gasteiger partial charge on any atom is 0.220 e. The lowest BCUT2D eigenvalue weighted by Gasteiger charge is -2.08. The van der Waals surface area contributed by atoms with Crippen LogP contribution in [-0.4, -0.2) is 32.7 Å². The van der Waals surface area contributed by atoms with E-state index in [0.717, 1.165) is 34.2 Å². The number of rotatable bonds is 7. The molecule has 3 rings (SSSR count). The third-order valence-electron chi connectivity index (χ3n) is 3.72. The van der Waals surface area contributed by atoms with Crippen molar-refractivity contribution in [2.45, 2.75) is 24.9 Å². The number of hydrogen-bond donors (Lipinski definition) is 1. The van der Waals surface area contributed by atoms with Gasteiger partial charge in [0, 0.05) is 31.5 Å². The summed E-state index contributed by atoms with van der Waals surface area (Å²) in [5, 5.41) is 3.93. The quantitative estimate of drug-likeness (QED) is 0.672. The number of nitrogens with zero attached hydrogens (tertiary/aromatic N) is 3. The number of para-hydroxylation sites is 2. The first kappa shape index (κ1) is 16.5. The Bertz CT molecular complexity index is 816. The fourth-order valence-corrected chi connectivity index (χ4v) is 3.36. The number of aromatic nitrogens is 3. The van der Waals surface area contributed by atoms with Crippen molar-refractivity contribution in [1.82, 2.24) is 19.9 Å². The molecule has 0 radical (unpaired) electrons. The number of imidazole rings is 1. The molecule has 0 aliphatic carbocycles. The Balaban J connectivity index is 1.44. The van der Waals surface area contributed by atoms with Crippen molar-refractivity contribution in [3.05, 3.63) is 54.5 Å². The molecule has 5 nitrogen and oxygen atoms in total. The number of benzene rings is 1. The number of amides is 1. The minimum atomic E-state index is 0.0699. The highest BCUT2D eigenvalue weighted by Crippen LogP contribution is 2.15. The summed E-state index contributed by atoms with van der Waals surface area (Å²) in [6.07, 6.45) is 2.26.